The van der Waals surface area contributed by atoms with E-state index in [0.717, 1.165) is 27.6 Å². The van der Waals surface area contributed by atoms with Crippen LogP contribution in [0.15, 0.2) is 103 Å². The second kappa shape index (κ2) is 7.97. The van der Waals surface area contributed by atoms with Gasteiger partial charge in [-0.3, -0.25) is 4.79 Å². The predicted molar refractivity (Wildman–Crippen MR) is 137 cm³/mol. The van der Waals surface area contributed by atoms with Gasteiger partial charge in [0.05, 0.1) is 18.2 Å². The van der Waals surface area contributed by atoms with Crippen LogP contribution in [0.5, 0.6) is 0 Å². The molecule has 1 fully saturated rings. The lowest BCUT2D eigenvalue weighted by Crippen LogP contribution is -2.44. The summed E-state index contributed by atoms with van der Waals surface area (Å²) in [6.45, 7) is 0. The molecule has 0 aromatic heterocycles. The number of hydrogen-bond acceptors (Lipinski definition) is 4. The molecular formula is C31H21N3O. The van der Waals surface area contributed by atoms with Gasteiger partial charge in [-0.2, -0.15) is 10.5 Å². The highest BCUT2D eigenvalue weighted by molar-refractivity contribution is 6.05. The standard InChI is InChI=1S/C31H21N3O/c32-19-31(20-33)27-18-17-22-10-5-7-16-26(22)34(27)29(30(35)23-11-2-1-3-12-23)28(31)25-15-8-13-21-9-4-6-14-24(21)25/h1-18,27-29H. The van der Waals surface area contributed by atoms with Gasteiger partial charge in [-0.1, -0.05) is 103 Å². The van der Waals surface area contributed by atoms with Crippen molar-refractivity contribution in [2.75, 3.05) is 4.90 Å². The predicted octanol–water partition coefficient (Wildman–Crippen LogP) is 6.12. The maximum absolute atomic E-state index is 14.3. The third kappa shape index (κ3) is 2.94. The van der Waals surface area contributed by atoms with E-state index in [-0.39, 0.29) is 5.78 Å². The molecule has 6 rings (SSSR count). The molecule has 2 aliphatic heterocycles. The SMILES string of the molecule is N#CC1(C#N)C(c2cccc3ccccc23)C(C(=O)c2ccccc2)N2c3ccccc3C=CC21. The minimum atomic E-state index is -1.46. The number of anilines is 1. The second-order valence-corrected chi connectivity index (χ2v) is 9.08. The van der Waals surface area contributed by atoms with E-state index in [1.54, 1.807) is 0 Å². The molecule has 4 aromatic rings. The van der Waals surface area contributed by atoms with Crippen molar-refractivity contribution in [1.82, 2.24) is 0 Å². The van der Waals surface area contributed by atoms with E-state index in [0.29, 0.717) is 5.56 Å². The molecule has 0 saturated carbocycles. The first-order chi connectivity index (χ1) is 17.2. The third-order valence-corrected chi connectivity index (χ3v) is 7.40. The van der Waals surface area contributed by atoms with Gasteiger partial charge in [0.1, 0.15) is 6.04 Å². The Hall–Kier alpha value is -4.67. The van der Waals surface area contributed by atoms with Gasteiger partial charge in [0.25, 0.3) is 0 Å². The first kappa shape index (κ1) is 20.9. The molecule has 4 aromatic carbocycles. The number of nitrogens with zero attached hydrogens (tertiary/aromatic N) is 3. The fourth-order valence-electron chi connectivity index (χ4n) is 5.87. The van der Waals surface area contributed by atoms with Gasteiger partial charge in [-0.05, 0) is 28.0 Å². The average molecular weight is 452 g/mol. The zero-order valence-corrected chi connectivity index (χ0v) is 18.9. The minimum Gasteiger partial charge on any atom is -0.351 e. The number of fused-ring (bicyclic) bond motifs is 4. The number of hydrogen-bond donors (Lipinski definition) is 0. The zero-order chi connectivity index (χ0) is 24.0. The van der Waals surface area contributed by atoms with E-state index in [1.165, 1.54) is 0 Å². The number of benzene rings is 4. The highest BCUT2D eigenvalue weighted by Crippen LogP contribution is 2.56. The van der Waals surface area contributed by atoms with Crippen LogP contribution < -0.4 is 4.90 Å². The summed E-state index contributed by atoms with van der Waals surface area (Å²) in [6, 6.07) is 34.5. The number of carbonyl (C=O) groups is 1. The topological polar surface area (TPSA) is 67.9 Å². The zero-order valence-electron chi connectivity index (χ0n) is 18.9. The highest BCUT2D eigenvalue weighted by Gasteiger charge is 2.63. The average Bonchev–Trinajstić information content (AvgIpc) is 3.23. The Balaban J connectivity index is 1.68. The van der Waals surface area contributed by atoms with Crippen molar-refractivity contribution in [1.29, 1.82) is 10.5 Å². The van der Waals surface area contributed by atoms with Crippen molar-refractivity contribution in [3.8, 4) is 12.1 Å². The van der Waals surface area contributed by atoms with Crippen molar-refractivity contribution in [2.45, 2.75) is 18.0 Å². The van der Waals surface area contributed by atoms with Crippen molar-refractivity contribution >= 4 is 28.3 Å². The summed E-state index contributed by atoms with van der Waals surface area (Å²) in [5.41, 5.74) is 1.80. The molecule has 0 amide bonds. The molecule has 0 aliphatic carbocycles. The van der Waals surface area contributed by atoms with Crippen LogP contribution in [0.3, 0.4) is 0 Å². The summed E-state index contributed by atoms with van der Waals surface area (Å²) in [7, 11) is 0. The number of rotatable bonds is 3. The van der Waals surface area contributed by atoms with Gasteiger partial charge in [-0.25, -0.2) is 0 Å². The smallest absolute Gasteiger partial charge is 0.185 e. The Kier molecular flexibility index (Phi) is 4.76. The summed E-state index contributed by atoms with van der Waals surface area (Å²) in [5, 5.41) is 23.2. The van der Waals surface area contributed by atoms with Crippen molar-refractivity contribution in [2.24, 2.45) is 5.41 Å². The summed E-state index contributed by atoms with van der Waals surface area (Å²) in [5.74, 6) is -0.747. The fraction of sp³-hybridized carbons (Fsp3) is 0.129. The minimum absolute atomic E-state index is 0.0917. The monoisotopic (exact) mass is 451 g/mol. The highest BCUT2D eigenvalue weighted by atomic mass is 16.1. The maximum atomic E-state index is 14.3. The van der Waals surface area contributed by atoms with Gasteiger partial charge in [0.15, 0.2) is 11.2 Å². The Morgan fingerprint density at radius 1 is 0.800 bits per heavy atom. The lowest BCUT2D eigenvalue weighted by molar-refractivity contribution is 0.0951. The van der Waals surface area contributed by atoms with Crippen LogP contribution in [0.25, 0.3) is 16.8 Å². The van der Waals surface area contributed by atoms with Gasteiger partial charge < -0.3 is 4.90 Å². The molecule has 166 valence electrons. The van der Waals surface area contributed by atoms with E-state index < -0.39 is 23.4 Å². The normalized spacial score (nSPS) is 21.5. The van der Waals surface area contributed by atoms with Crippen molar-refractivity contribution in [3.63, 3.8) is 0 Å². The van der Waals surface area contributed by atoms with Crippen LogP contribution in [0.1, 0.15) is 27.4 Å². The van der Waals surface area contributed by atoms with Crippen LogP contribution in [0.2, 0.25) is 0 Å². The largest absolute Gasteiger partial charge is 0.351 e. The summed E-state index contributed by atoms with van der Waals surface area (Å²) in [6.07, 6.45) is 3.89. The molecule has 3 atom stereocenters. The quantitative estimate of drug-likeness (QED) is 0.352. The van der Waals surface area contributed by atoms with Crippen LogP contribution >= 0.6 is 0 Å². The number of carbonyl (C=O) groups excluding carboxylic acids is 1. The number of para-hydroxylation sites is 1. The lowest BCUT2D eigenvalue weighted by atomic mass is 9.68. The molecule has 0 bridgehead atoms. The Morgan fingerprint density at radius 3 is 2.29 bits per heavy atom. The molecule has 3 unspecified atom stereocenters. The summed E-state index contributed by atoms with van der Waals surface area (Å²) >= 11 is 0. The fourth-order valence-corrected chi connectivity index (χ4v) is 5.87. The van der Waals surface area contributed by atoms with E-state index >= 15 is 0 Å². The second-order valence-electron chi connectivity index (χ2n) is 9.08. The maximum Gasteiger partial charge on any atom is 0.185 e. The van der Waals surface area contributed by atoms with Gasteiger partial charge in [-0.15, -0.1) is 0 Å². The van der Waals surface area contributed by atoms with E-state index in [2.05, 4.69) is 12.1 Å². The van der Waals surface area contributed by atoms with Crippen molar-refractivity contribution < 1.29 is 4.79 Å². The molecule has 1 saturated heterocycles. The third-order valence-electron chi connectivity index (χ3n) is 7.40. The molecule has 0 spiro atoms. The molecule has 0 radical (unpaired) electrons. The number of Topliss-reactive ketones (excluding diaryl/α,β-unsaturated/α-hetero) is 1. The van der Waals surface area contributed by atoms with Crippen LogP contribution in [-0.4, -0.2) is 17.9 Å². The lowest BCUT2D eigenvalue weighted by Gasteiger charge is -2.35. The molecule has 2 aliphatic rings. The first-order valence-electron chi connectivity index (χ1n) is 11.6. The Morgan fingerprint density at radius 2 is 1.49 bits per heavy atom. The molecule has 2 heterocycles. The van der Waals surface area contributed by atoms with E-state index in [1.807, 2.05) is 114 Å². The Bertz CT molecular complexity index is 1560. The van der Waals surface area contributed by atoms with Gasteiger partial charge >= 0.3 is 0 Å². The first-order valence-corrected chi connectivity index (χ1v) is 11.6. The Labute approximate surface area is 204 Å². The molecular weight excluding hydrogens is 430 g/mol. The molecule has 4 heteroatoms. The van der Waals surface area contributed by atoms with Gasteiger partial charge in [0, 0.05) is 17.2 Å². The summed E-state index contributed by atoms with van der Waals surface area (Å²) < 4.78 is 0. The van der Waals surface area contributed by atoms with Crippen molar-refractivity contribution in [3.05, 3.63) is 120 Å². The summed E-state index contributed by atoms with van der Waals surface area (Å²) in [4.78, 5) is 16.3. The van der Waals surface area contributed by atoms with E-state index in [4.69, 9.17) is 0 Å². The number of ketones is 1. The van der Waals surface area contributed by atoms with Crippen LogP contribution in [0, 0.1) is 28.1 Å². The van der Waals surface area contributed by atoms with E-state index in [9.17, 15) is 15.3 Å². The molecule has 4 nitrogen and oxygen atoms in total. The molecule has 0 N–H and O–H groups in total. The number of nitriles is 2. The molecule has 35 heavy (non-hydrogen) atoms. The van der Waals surface area contributed by atoms with Crippen LogP contribution in [0.4, 0.5) is 5.69 Å². The van der Waals surface area contributed by atoms with Crippen LogP contribution in [-0.2, 0) is 0 Å². The van der Waals surface area contributed by atoms with Gasteiger partial charge in [0.2, 0.25) is 0 Å².